The van der Waals surface area contributed by atoms with E-state index in [4.69, 9.17) is 21.2 Å². The Morgan fingerprint density at radius 1 is 0.708 bits per heavy atom. The molecule has 0 aromatic carbocycles. The molecule has 9 heteroatoms. The Kier molecular flexibility index (Phi) is 4.93. The molecule has 4 atom stereocenters. The monoisotopic (exact) mass is 406 g/mol. The minimum atomic E-state index is -2.41. The lowest BCUT2D eigenvalue weighted by molar-refractivity contribution is 0.214. The lowest BCUT2D eigenvalue weighted by Crippen LogP contribution is -2.66. The van der Waals surface area contributed by atoms with Crippen LogP contribution in [0.3, 0.4) is 0 Å². The van der Waals surface area contributed by atoms with Crippen molar-refractivity contribution in [2.24, 2.45) is 5.92 Å². The van der Waals surface area contributed by atoms with E-state index in [-0.39, 0.29) is 0 Å². The van der Waals surface area contributed by atoms with E-state index >= 15 is 0 Å². The molecule has 3 fully saturated rings. The summed E-state index contributed by atoms with van der Waals surface area (Å²) in [5, 5.41) is 0. The highest BCUT2D eigenvalue weighted by Gasteiger charge is 2.57. The van der Waals surface area contributed by atoms with Crippen molar-refractivity contribution in [2.75, 3.05) is 0 Å². The van der Waals surface area contributed by atoms with Crippen molar-refractivity contribution in [2.45, 2.75) is 89.8 Å². The first-order chi connectivity index (χ1) is 10.8. The summed E-state index contributed by atoms with van der Waals surface area (Å²) in [5.74, 6) is 0.629. The van der Waals surface area contributed by atoms with Crippen LogP contribution in [0.4, 0.5) is 0 Å². The molecule has 2 aliphatic heterocycles. The molecule has 140 valence electrons. The molecule has 0 spiro atoms. The van der Waals surface area contributed by atoms with E-state index in [0.717, 1.165) is 6.42 Å². The van der Waals surface area contributed by atoms with Crippen molar-refractivity contribution in [3.63, 3.8) is 0 Å². The molecule has 2 heterocycles. The van der Waals surface area contributed by atoms with Crippen LogP contribution < -0.4 is 0 Å². The van der Waals surface area contributed by atoms with Gasteiger partial charge >= 0.3 is 34.2 Å². The van der Waals surface area contributed by atoms with Crippen LogP contribution in [-0.2, 0) is 21.2 Å². The molecule has 2 saturated heterocycles. The zero-order valence-electron chi connectivity index (χ0n) is 16.5. The van der Waals surface area contributed by atoms with Gasteiger partial charge in [-0.25, -0.2) is 0 Å². The lowest BCUT2D eigenvalue weighted by atomic mass is 9.87. The Hall–Kier alpha value is 0.668. The molecule has 0 aromatic heterocycles. The van der Waals surface area contributed by atoms with E-state index in [2.05, 4.69) is 52.8 Å². The van der Waals surface area contributed by atoms with Crippen LogP contribution in [0.15, 0.2) is 0 Å². The molecule has 0 aromatic rings. The molecule has 4 unspecified atom stereocenters. The second kappa shape index (κ2) is 6.10. The summed E-state index contributed by atoms with van der Waals surface area (Å²) in [6, 6.07) is 0. The van der Waals surface area contributed by atoms with Crippen molar-refractivity contribution in [1.29, 1.82) is 0 Å². The van der Waals surface area contributed by atoms with Gasteiger partial charge in [0.05, 0.1) is 12.2 Å². The third-order valence-corrected chi connectivity index (χ3v) is 22.6. The third kappa shape index (κ3) is 4.31. The molecular weight excluding hydrogens is 373 g/mol. The number of epoxide rings is 1. The molecule has 1 aliphatic carbocycles. The van der Waals surface area contributed by atoms with E-state index in [9.17, 15) is 0 Å². The topological polar surface area (TPSA) is 49.5 Å². The van der Waals surface area contributed by atoms with Crippen molar-refractivity contribution in [3.05, 3.63) is 0 Å². The molecule has 3 aliphatic rings. The Bertz CT molecular complexity index is 476. The van der Waals surface area contributed by atoms with Gasteiger partial charge in [0.2, 0.25) is 0 Å². The van der Waals surface area contributed by atoms with Gasteiger partial charge in [-0.3, -0.25) is 0 Å². The molecule has 1 saturated carbocycles. The smallest absolute Gasteiger partial charge is 0.320 e. The van der Waals surface area contributed by atoms with E-state index in [0.29, 0.717) is 23.7 Å². The zero-order valence-corrected chi connectivity index (χ0v) is 20.5. The van der Waals surface area contributed by atoms with Gasteiger partial charge in [0.25, 0.3) is 0 Å². The van der Waals surface area contributed by atoms with Gasteiger partial charge in [0, 0.05) is 5.54 Å². The van der Waals surface area contributed by atoms with Crippen molar-refractivity contribution in [1.82, 2.24) is 0 Å². The molecule has 0 amide bonds. The molecule has 3 rings (SSSR count). The number of rotatable bonds is 2. The summed E-state index contributed by atoms with van der Waals surface area (Å²) in [4.78, 5) is 0. The maximum absolute atomic E-state index is 6.78. The van der Waals surface area contributed by atoms with Gasteiger partial charge in [-0.1, -0.05) is 6.92 Å². The van der Waals surface area contributed by atoms with Gasteiger partial charge < -0.3 is 21.2 Å². The summed E-state index contributed by atoms with van der Waals surface area (Å²) >= 11 is 0. The fraction of sp³-hybridized carbons (Fsp3) is 1.00. The maximum atomic E-state index is 6.78. The Morgan fingerprint density at radius 3 is 1.71 bits per heavy atom. The highest BCUT2D eigenvalue weighted by atomic mass is 28.5. The highest BCUT2D eigenvalue weighted by molar-refractivity contribution is 6.93. The van der Waals surface area contributed by atoms with Gasteiger partial charge in [-0.15, -0.1) is 0 Å². The second-order valence-electron chi connectivity index (χ2n) is 9.20. The van der Waals surface area contributed by atoms with Crippen LogP contribution in [0, 0.1) is 5.92 Å². The summed E-state index contributed by atoms with van der Waals surface area (Å²) in [5.41, 5.74) is 0.427. The second-order valence-corrected chi connectivity index (χ2v) is 23.8. The van der Waals surface area contributed by atoms with Crippen LogP contribution >= 0.6 is 0 Å². The average molecular weight is 407 g/mol. The Morgan fingerprint density at radius 2 is 1.21 bits per heavy atom. The van der Waals surface area contributed by atoms with Crippen LogP contribution in [-0.4, -0.2) is 46.5 Å². The number of fused-ring (bicyclic) bond motifs is 1. The fourth-order valence-corrected chi connectivity index (χ4v) is 26.8. The molecular formula is C15H34O5Si4. The Labute approximate surface area is 151 Å². The lowest BCUT2D eigenvalue weighted by Gasteiger charge is -2.50. The SMILES string of the molecule is CC(C1CCC2OC2C1)[Si]1(C)O[Si](C)(C)O[Si](C)(C)O[Si](C)(C)O1. The molecule has 0 radical (unpaired) electrons. The zero-order chi connectivity index (χ0) is 18.0. The normalized spacial score (nSPS) is 40.8. The maximum Gasteiger partial charge on any atom is 0.320 e. The third-order valence-electron chi connectivity index (χ3n) is 5.46. The predicted molar refractivity (Wildman–Crippen MR) is 104 cm³/mol. The first-order valence-electron chi connectivity index (χ1n) is 9.27. The van der Waals surface area contributed by atoms with E-state index in [1.54, 1.807) is 0 Å². The summed E-state index contributed by atoms with van der Waals surface area (Å²) in [6.07, 6.45) is 4.61. The Balaban J connectivity index is 1.82. The predicted octanol–water partition coefficient (Wildman–Crippen LogP) is 4.20. The summed E-state index contributed by atoms with van der Waals surface area (Å²) < 4.78 is 32.2. The standard InChI is InChI=1S/C15H34O5Si4/c1-12(13-9-10-14-15(11-13)16-14)24(8)19-22(4,5)17-21(2,3)18-23(6,7)20-24/h12-15H,9-11H2,1-8H3. The van der Waals surface area contributed by atoms with Crippen LogP contribution in [0.1, 0.15) is 26.2 Å². The van der Waals surface area contributed by atoms with E-state index in [1.165, 1.54) is 12.8 Å². The fourth-order valence-electron chi connectivity index (χ4n) is 4.75. The number of hydrogen-bond acceptors (Lipinski definition) is 5. The quantitative estimate of drug-likeness (QED) is 0.508. The first kappa shape index (κ1) is 19.4. The van der Waals surface area contributed by atoms with Crippen LogP contribution in [0.25, 0.3) is 0 Å². The summed E-state index contributed by atoms with van der Waals surface area (Å²) in [6.45, 7) is 17.4. The van der Waals surface area contributed by atoms with Crippen molar-refractivity contribution >= 4 is 34.2 Å². The van der Waals surface area contributed by atoms with E-state index in [1.807, 2.05) is 0 Å². The van der Waals surface area contributed by atoms with Crippen molar-refractivity contribution < 1.29 is 21.2 Å². The largest absolute Gasteiger partial charge is 0.416 e. The average Bonchev–Trinajstić information content (AvgIpc) is 3.09. The number of hydrogen-bond donors (Lipinski definition) is 0. The molecule has 24 heavy (non-hydrogen) atoms. The van der Waals surface area contributed by atoms with Crippen LogP contribution in [0.5, 0.6) is 0 Å². The van der Waals surface area contributed by atoms with Gasteiger partial charge in [0.1, 0.15) is 0 Å². The van der Waals surface area contributed by atoms with Crippen molar-refractivity contribution in [3.8, 4) is 0 Å². The van der Waals surface area contributed by atoms with Crippen LogP contribution in [0.2, 0.25) is 51.4 Å². The highest BCUT2D eigenvalue weighted by Crippen LogP contribution is 2.48. The minimum absolute atomic E-state index is 0.427. The molecule has 5 nitrogen and oxygen atoms in total. The van der Waals surface area contributed by atoms with Gasteiger partial charge in [0.15, 0.2) is 0 Å². The van der Waals surface area contributed by atoms with E-state index < -0.39 is 34.2 Å². The van der Waals surface area contributed by atoms with Gasteiger partial charge in [-0.2, -0.15) is 0 Å². The first-order valence-corrected chi connectivity index (χ1v) is 20.1. The number of ether oxygens (including phenoxy) is 1. The summed E-state index contributed by atoms with van der Waals surface area (Å²) in [7, 11) is -9.17. The molecule has 0 N–H and O–H groups in total. The van der Waals surface area contributed by atoms with Gasteiger partial charge in [-0.05, 0) is 71.0 Å². The molecule has 0 bridgehead atoms. The minimum Gasteiger partial charge on any atom is -0.416 e.